The standard InChI is InChI=1S/C17H23N3O/c1-17(2)9-6-10-20(15(17)11-18)13-16(21)19-12-14-7-4-3-5-8-14/h3-5,7-8,15H,6,9-10,12-13H2,1-2H3,(H,19,21). The molecular formula is C17H23N3O. The van der Waals surface area contributed by atoms with Gasteiger partial charge in [-0.2, -0.15) is 5.26 Å². The Bertz CT molecular complexity index is 519. The van der Waals surface area contributed by atoms with E-state index < -0.39 is 0 Å². The molecule has 112 valence electrons. The van der Waals surface area contributed by atoms with Gasteiger partial charge >= 0.3 is 0 Å². The molecule has 1 heterocycles. The van der Waals surface area contributed by atoms with E-state index in [0.717, 1.165) is 24.9 Å². The zero-order valence-electron chi connectivity index (χ0n) is 12.8. The van der Waals surface area contributed by atoms with Crippen molar-refractivity contribution >= 4 is 5.91 Å². The average molecular weight is 285 g/mol. The van der Waals surface area contributed by atoms with Gasteiger partial charge in [0.15, 0.2) is 0 Å². The van der Waals surface area contributed by atoms with E-state index in [1.807, 2.05) is 35.2 Å². The van der Waals surface area contributed by atoms with Crippen molar-refractivity contribution in [2.24, 2.45) is 5.41 Å². The summed E-state index contributed by atoms with van der Waals surface area (Å²) in [4.78, 5) is 14.1. The van der Waals surface area contributed by atoms with Gasteiger partial charge < -0.3 is 5.32 Å². The number of amides is 1. The number of likely N-dealkylation sites (tertiary alicyclic amines) is 1. The largest absolute Gasteiger partial charge is 0.351 e. The third kappa shape index (κ3) is 4.05. The Balaban J connectivity index is 1.88. The molecule has 1 aromatic rings. The van der Waals surface area contributed by atoms with Crippen LogP contribution < -0.4 is 5.32 Å². The van der Waals surface area contributed by atoms with E-state index in [2.05, 4.69) is 25.2 Å². The summed E-state index contributed by atoms with van der Waals surface area (Å²) in [7, 11) is 0. The molecule has 4 nitrogen and oxygen atoms in total. The summed E-state index contributed by atoms with van der Waals surface area (Å²) in [5.74, 6) is -0.0168. The predicted octanol–water partition coefficient (Wildman–Crippen LogP) is 2.32. The lowest BCUT2D eigenvalue weighted by Gasteiger charge is -2.42. The molecule has 0 aromatic heterocycles. The Labute approximate surface area is 126 Å². The molecule has 2 rings (SSSR count). The number of carbonyl (C=O) groups is 1. The Morgan fingerprint density at radius 2 is 2.14 bits per heavy atom. The van der Waals surface area contributed by atoms with Crippen LogP contribution in [0.15, 0.2) is 30.3 Å². The molecule has 1 saturated heterocycles. The minimum absolute atomic E-state index is 0.0168. The summed E-state index contributed by atoms with van der Waals surface area (Å²) >= 11 is 0. The number of nitrogens with one attached hydrogen (secondary N) is 1. The van der Waals surface area contributed by atoms with Gasteiger partial charge in [0, 0.05) is 6.54 Å². The van der Waals surface area contributed by atoms with Crippen molar-refractivity contribution in [2.75, 3.05) is 13.1 Å². The maximum Gasteiger partial charge on any atom is 0.234 e. The minimum atomic E-state index is -0.186. The van der Waals surface area contributed by atoms with Crippen LogP contribution in [-0.4, -0.2) is 29.9 Å². The van der Waals surface area contributed by atoms with Crippen LogP contribution in [0, 0.1) is 16.7 Å². The first-order valence-electron chi connectivity index (χ1n) is 7.47. The molecular weight excluding hydrogens is 262 g/mol. The quantitative estimate of drug-likeness (QED) is 0.923. The summed E-state index contributed by atoms with van der Waals surface area (Å²) in [6.45, 7) is 5.87. The molecule has 0 bridgehead atoms. The Morgan fingerprint density at radius 3 is 2.81 bits per heavy atom. The van der Waals surface area contributed by atoms with Crippen LogP contribution in [0.5, 0.6) is 0 Å². The van der Waals surface area contributed by atoms with Crippen LogP contribution in [0.2, 0.25) is 0 Å². The monoisotopic (exact) mass is 285 g/mol. The van der Waals surface area contributed by atoms with E-state index in [1.165, 1.54) is 0 Å². The summed E-state index contributed by atoms with van der Waals surface area (Å²) in [6, 6.07) is 12.0. The number of piperidine rings is 1. The third-order valence-electron chi connectivity index (χ3n) is 4.17. The summed E-state index contributed by atoms with van der Waals surface area (Å²) in [5.41, 5.74) is 1.04. The molecule has 0 spiro atoms. The molecule has 0 radical (unpaired) electrons. The Kier molecular flexibility index (Phi) is 4.98. The predicted molar refractivity (Wildman–Crippen MR) is 82.3 cm³/mol. The van der Waals surface area contributed by atoms with Gasteiger partial charge in [-0.3, -0.25) is 9.69 Å². The first-order valence-corrected chi connectivity index (χ1v) is 7.47. The van der Waals surface area contributed by atoms with Crippen LogP contribution in [0.3, 0.4) is 0 Å². The molecule has 1 amide bonds. The molecule has 1 aliphatic heterocycles. The van der Waals surface area contributed by atoms with Crippen LogP contribution in [0.4, 0.5) is 0 Å². The van der Waals surface area contributed by atoms with E-state index in [1.54, 1.807) is 0 Å². The highest BCUT2D eigenvalue weighted by atomic mass is 16.2. The fourth-order valence-electron chi connectivity index (χ4n) is 2.96. The molecule has 1 unspecified atom stereocenters. The maximum absolute atomic E-state index is 12.1. The van der Waals surface area contributed by atoms with Gasteiger partial charge in [-0.15, -0.1) is 0 Å². The second kappa shape index (κ2) is 6.73. The van der Waals surface area contributed by atoms with Gasteiger partial charge in [-0.05, 0) is 30.4 Å². The van der Waals surface area contributed by atoms with E-state index >= 15 is 0 Å². The fourth-order valence-corrected chi connectivity index (χ4v) is 2.96. The average Bonchev–Trinajstić information content (AvgIpc) is 2.46. The normalized spacial score (nSPS) is 21.5. The topological polar surface area (TPSA) is 56.1 Å². The third-order valence-corrected chi connectivity index (χ3v) is 4.17. The Morgan fingerprint density at radius 1 is 1.43 bits per heavy atom. The zero-order chi connectivity index (χ0) is 15.3. The summed E-state index contributed by atoms with van der Waals surface area (Å²) in [5, 5.41) is 12.3. The van der Waals surface area contributed by atoms with Crippen molar-refractivity contribution in [3.63, 3.8) is 0 Å². The van der Waals surface area contributed by atoms with Crippen LogP contribution >= 0.6 is 0 Å². The van der Waals surface area contributed by atoms with E-state index in [0.29, 0.717) is 13.1 Å². The minimum Gasteiger partial charge on any atom is -0.351 e. The van der Waals surface area contributed by atoms with Gasteiger partial charge in [0.05, 0.1) is 12.6 Å². The Hall–Kier alpha value is -1.86. The number of rotatable bonds is 4. The van der Waals surface area contributed by atoms with Gasteiger partial charge in [0.25, 0.3) is 0 Å². The van der Waals surface area contributed by atoms with Crippen molar-refractivity contribution in [1.29, 1.82) is 5.26 Å². The van der Waals surface area contributed by atoms with Crippen molar-refractivity contribution in [2.45, 2.75) is 39.3 Å². The molecule has 21 heavy (non-hydrogen) atoms. The van der Waals surface area contributed by atoms with Gasteiger partial charge in [-0.1, -0.05) is 44.2 Å². The maximum atomic E-state index is 12.1. The molecule has 0 saturated carbocycles. The van der Waals surface area contributed by atoms with Crippen molar-refractivity contribution in [3.8, 4) is 6.07 Å². The van der Waals surface area contributed by atoms with Crippen molar-refractivity contribution < 1.29 is 4.79 Å². The summed E-state index contributed by atoms with van der Waals surface area (Å²) < 4.78 is 0. The highest BCUT2D eigenvalue weighted by molar-refractivity contribution is 5.78. The lowest BCUT2D eigenvalue weighted by molar-refractivity contribution is -0.123. The van der Waals surface area contributed by atoms with E-state index in [4.69, 9.17) is 0 Å². The number of nitrogens with zero attached hydrogens (tertiary/aromatic N) is 2. The number of nitriles is 1. The number of hydrogen-bond donors (Lipinski definition) is 1. The van der Waals surface area contributed by atoms with Crippen molar-refractivity contribution in [3.05, 3.63) is 35.9 Å². The first kappa shape index (κ1) is 15.5. The molecule has 4 heteroatoms. The second-order valence-corrected chi connectivity index (χ2v) is 6.36. The number of benzene rings is 1. The van der Waals surface area contributed by atoms with E-state index in [9.17, 15) is 10.1 Å². The molecule has 0 aliphatic carbocycles. The van der Waals surface area contributed by atoms with Crippen molar-refractivity contribution in [1.82, 2.24) is 10.2 Å². The second-order valence-electron chi connectivity index (χ2n) is 6.36. The number of carbonyl (C=O) groups excluding carboxylic acids is 1. The van der Waals surface area contributed by atoms with Gasteiger partial charge in [0.2, 0.25) is 5.91 Å². The van der Waals surface area contributed by atoms with E-state index in [-0.39, 0.29) is 17.4 Å². The molecule has 1 atom stereocenters. The highest BCUT2D eigenvalue weighted by Gasteiger charge is 2.38. The lowest BCUT2D eigenvalue weighted by Crippen LogP contribution is -2.52. The SMILES string of the molecule is CC1(C)CCCN(CC(=O)NCc2ccccc2)C1C#N. The molecule has 1 aliphatic rings. The smallest absolute Gasteiger partial charge is 0.234 e. The fraction of sp³-hybridized carbons (Fsp3) is 0.529. The van der Waals surface area contributed by atoms with Crippen LogP contribution in [-0.2, 0) is 11.3 Å². The van der Waals surface area contributed by atoms with Crippen LogP contribution in [0.1, 0.15) is 32.3 Å². The highest BCUT2D eigenvalue weighted by Crippen LogP contribution is 2.34. The molecule has 1 aromatic carbocycles. The lowest BCUT2D eigenvalue weighted by atomic mass is 9.77. The van der Waals surface area contributed by atoms with Gasteiger partial charge in [-0.25, -0.2) is 0 Å². The number of hydrogen-bond acceptors (Lipinski definition) is 3. The summed E-state index contributed by atoms with van der Waals surface area (Å²) in [6.07, 6.45) is 2.07. The van der Waals surface area contributed by atoms with Crippen LogP contribution in [0.25, 0.3) is 0 Å². The first-order chi connectivity index (χ1) is 10.0. The molecule has 1 N–H and O–H groups in total. The zero-order valence-corrected chi connectivity index (χ0v) is 12.8. The van der Waals surface area contributed by atoms with Gasteiger partial charge in [0.1, 0.15) is 6.04 Å². The molecule has 1 fully saturated rings.